The summed E-state index contributed by atoms with van der Waals surface area (Å²) in [5.74, 6) is 0.492. The van der Waals surface area contributed by atoms with Gasteiger partial charge in [0.15, 0.2) is 6.23 Å². The van der Waals surface area contributed by atoms with Gasteiger partial charge in [0.1, 0.15) is 6.04 Å². The highest BCUT2D eigenvalue weighted by molar-refractivity contribution is 7.95. The Bertz CT molecular complexity index is 719. The standard InChI is InChI=1S/C18H24N4O2S/c1-13(2)9-10-15-17(23)22(25-20(15)3)18(24)16-11-12-19-21(16)14-7-5-4-6-8-14/h4-8,11-13,15,18,24H,9-10H2,1-3H3. The van der Waals surface area contributed by atoms with E-state index in [1.54, 1.807) is 16.9 Å². The van der Waals surface area contributed by atoms with Crippen LogP contribution in [0.5, 0.6) is 0 Å². The van der Waals surface area contributed by atoms with Gasteiger partial charge in [-0.3, -0.25) is 4.79 Å². The van der Waals surface area contributed by atoms with Crippen LogP contribution in [0.4, 0.5) is 0 Å². The first kappa shape index (κ1) is 18.0. The second-order valence-electron chi connectivity index (χ2n) is 6.66. The van der Waals surface area contributed by atoms with Gasteiger partial charge >= 0.3 is 0 Å². The minimum Gasteiger partial charge on any atom is -0.367 e. The summed E-state index contributed by atoms with van der Waals surface area (Å²) in [6, 6.07) is 11.1. The minimum atomic E-state index is -1.05. The molecular weight excluding hydrogens is 336 g/mol. The van der Waals surface area contributed by atoms with E-state index < -0.39 is 6.23 Å². The van der Waals surface area contributed by atoms with Crippen LogP contribution in [0.1, 0.15) is 38.6 Å². The van der Waals surface area contributed by atoms with E-state index in [0.29, 0.717) is 11.6 Å². The van der Waals surface area contributed by atoms with Crippen LogP contribution in [-0.4, -0.2) is 42.5 Å². The largest absolute Gasteiger partial charge is 0.367 e. The molecule has 1 aliphatic rings. The molecule has 2 heterocycles. The summed E-state index contributed by atoms with van der Waals surface area (Å²) in [5.41, 5.74) is 1.42. The Balaban J connectivity index is 1.79. The number of likely N-dealkylation sites (N-methyl/N-ethyl adjacent to an activating group) is 1. The molecule has 1 aromatic heterocycles. The van der Waals surface area contributed by atoms with Gasteiger partial charge in [0.05, 0.1) is 11.4 Å². The van der Waals surface area contributed by atoms with E-state index >= 15 is 0 Å². The lowest BCUT2D eigenvalue weighted by Gasteiger charge is -2.22. The van der Waals surface area contributed by atoms with Gasteiger partial charge in [0, 0.05) is 25.4 Å². The Labute approximate surface area is 152 Å². The highest BCUT2D eigenvalue weighted by Gasteiger charge is 2.41. The van der Waals surface area contributed by atoms with Gasteiger partial charge in [-0.05, 0) is 37.0 Å². The fourth-order valence-corrected chi connectivity index (χ4v) is 3.90. The molecule has 1 fully saturated rings. The van der Waals surface area contributed by atoms with Crippen LogP contribution < -0.4 is 0 Å². The van der Waals surface area contributed by atoms with E-state index in [-0.39, 0.29) is 11.9 Å². The van der Waals surface area contributed by atoms with Crippen molar-refractivity contribution in [2.75, 3.05) is 7.05 Å². The maximum Gasteiger partial charge on any atom is 0.254 e. The fraction of sp³-hybridized carbons (Fsp3) is 0.444. The maximum absolute atomic E-state index is 12.8. The third-order valence-electron chi connectivity index (χ3n) is 4.33. The topological polar surface area (TPSA) is 61.6 Å². The molecule has 2 aromatic rings. The molecule has 0 saturated carbocycles. The van der Waals surface area contributed by atoms with Gasteiger partial charge in [-0.1, -0.05) is 32.0 Å². The van der Waals surface area contributed by atoms with Crippen LogP contribution in [0.25, 0.3) is 5.69 Å². The lowest BCUT2D eigenvalue weighted by atomic mass is 10.0. The van der Waals surface area contributed by atoms with E-state index in [2.05, 4.69) is 18.9 Å². The first-order chi connectivity index (χ1) is 12.0. The van der Waals surface area contributed by atoms with Crippen LogP contribution in [0.15, 0.2) is 42.6 Å². The molecule has 1 saturated heterocycles. The van der Waals surface area contributed by atoms with E-state index in [1.165, 1.54) is 16.4 Å². The van der Waals surface area contributed by atoms with Crippen LogP contribution in [-0.2, 0) is 4.79 Å². The molecule has 25 heavy (non-hydrogen) atoms. The third kappa shape index (κ3) is 3.73. The maximum atomic E-state index is 12.8. The van der Waals surface area contributed by atoms with Gasteiger partial charge in [-0.25, -0.2) is 13.3 Å². The predicted molar refractivity (Wildman–Crippen MR) is 98.6 cm³/mol. The van der Waals surface area contributed by atoms with Crippen molar-refractivity contribution >= 4 is 18.0 Å². The van der Waals surface area contributed by atoms with Crippen molar-refractivity contribution < 1.29 is 9.90 Å². The molecule has 6 nitrogen and oxygen atoms in total. The Kier molecular flexibility index (Phi) is 5.46. The van der Waals surface area contributed by atoms with Crippen molar-refractivity contribution in [1.29, 1.82) is 0 Å². The Morgan fingerprint density at radius 1 is 1.24 bits per heavy atom. The summed E-state index contributed by atoms with van der Waals surface area (Å²) < 4.78 is 5.04. The second kappa shape index (κ2) is 7.59. The van der Waals surface area contributed by atoms with Crippen molar-refractivity contribution in [3.63, 3.8) is 0 Å². The summed E-state index contributed by atoms with van der Waals surface area (Å²) in [4.78, 5) is 12.8. The first-order valence-electron chi connectivity index (χ1n) is 8.50. The van der Waals surface area contributed by atoms with Crippen molar-refractivity contribution in [3.8, 4) is 5.69 Å². The van der Waals surface area contributed by atoms with Crippen molar-refractivity contribution in [2.45, 2.75) is 39.0 Å². The Morgan fingerprint density at radius 3 is 2.64 bits per heavy atom. The number of benzene rings is 1. The van der Waals surface area contributed by atoms with Crippen LogP contribution in [0.3, 0.4) is 0 Å². The summed E-state index contributed by atoms with van der Waals surface area (Å²) in [6.45, 7) is 4.30. The zero-order chi connectivity index (χ0) is 18.0. The van der Waals surface area contributed by atoms with Crippen molar-refractivity contribution in [2.24, 2.45) is 5.92 Å². The molecule has 7 heteroatoms. The number of aromatic nitrogens is 2. The van der Waals surface area contributed by atoms with Gasteiger partial charge in [0.25, 0.3) is 5.91 Å². The molecule has 2 unspecified atom stereocenters. The number of aliphatic hydroxyl groups excluding tert-OH is 1. The minimum absolute atomic E-state index is 0.0542. The molecule has 134 valence electrons. The molecule has 3 rings (SSSR count). The summed E-state index contributed by atoms with van der Waals surface area (Å²) >= 11 is 1.27. The number of hydrogen-bond donors (Lipinski definition) is 1. The number of hydrogen-bond acceptors (Lipinski definition) is 5. The molecule has 0 bridgehead atoms. The number of aliphatic hydroxyl groups is 1. The SMILES string of the molecule is CC(C)CCC1C(=O)N(C(O)c2ccnn2-c2ccccc2)SN1C. The molecule has 1 aromatic carbocycles. The van der Waals surface area contributed by atoms with Gasteiger partial charge < -0.3 is 5.11 Å². The highest BCUT2D eigenvalue weighted by Crippen LogP contribution is 2.37. The molecule has 0 spiro atoms. The van der Waals surface area contributed by atoms with Crippen molar-refractivity contribution in [3.05, 3.63) is 48.3 Å². The predicted octanol–water partition coefficient (Wildman–Crippen LogP) is 3.01. The van der Waals surface area contributed by atoms with E-state index in [0.717, 1.165) is 18.5 Å². The number of rotatable bonds is 6. The van der Waals surface area contributed by atoms with E-state index in [1.807, 2.05) is 41.7 Å². The highest BCUT2D eigenvalue weighted by atomic mass is 32.2. The Morgan fingerprint density at radius 2 is 1.96 bits per heavy atom. The van der Waals surface area contributed by atoms with E-state index in [4.69, 9.17) is 0 Å². The normalized spacial score (nSPS) is 19.8. The second-order valence-corrected chi connectivity index (χ2v) is 7.79. The average molecular weight is 360 g/mol. The van der Waals surface area contributed by atoms with Gasteiger partial charge in [0.2, 0.25) is 0 Å². The number of carbonyl (C=O) groups excluding carboxylic acids is 1. The molecule has 1 aliphatic heterocycles. The number of nitrogens with zero attached hydrogens (tertiary/aromatic N) is 4. The van der Waals surface area contributed by atoms with Gasteiger partial charge in [-0.15, -0.1) is 0 Å². The molecular formula is C18H24N4O2S. The van der Waals surface area contributed by atoms with Crippen molar-refractivity contribution in [1.82, 2.24) is 18.4 Å². The lowest BCUT2D eigenvalue weighted by molar-refractivity contribution is -0.133. The molecule has 0 aliphatic carbocycles. The third-order valence-corrected chi connectivity index (χ3v) is 5.40. The number of carbonyl (C=O) groups is 1. The molecule has 0 radical (unpaired) electrons. The van der Waals surface area contributed by atoms with Crippen LogP contribution in [0, 0.1) is 5.92 Å². The fourth-order valence-electron chi connectivity index (χ4n) is 2.91. The number of para-hydroxylation sites is 1. The summed E-state index contributed by atoms with van der Waals surface area (Å²) in [6.07, 6.45) is 2.36. The van der Waals surface area contributed by atoms with Crippen LogP contribution >= 0.6 is 12.1 Å². The number of amides is 1. The monoisotopic (exact) mass is 360 g/mol. The molecule has 1 N–H and O–H groups in total. The Hall–Kier alpha value is -1.83. The first-order valence-corrected chi connectivity index (χ1v) is 9.23. The zero-order valence-corrected chi connectivity index (χ0v) is 15.6. The smallest absolute Gasteiger partial charge is 0.254 e. The average Bonchev–Trinajstić information content (AvgIpc) is 3.19. The van der Waals surface area contributed by atoms with Crippen LogP contribution in [0.2, 0.25) is 0 Å². The molecule has 1 amide bonds. The lowest BCUT2D eigenvalue weighted by Crippen LogP contribution is -2.33. The van der Waals surface area contributed by atoms with E-state index in [9.17, 15) is 9.90 Å². The molecule has 2 atom stereocenters. The quantitative estimate of drug-likeness (QED) is 0.803. The summed E-state index contributed by atoms with van der Waals surface area (Å²) in [5, 5.41) is 15.1. The summed E-state index contributed by atoms with van der Waals surface area (Å²) in [7, 11) is 1.90. The van der Waals surface area contributed by atoms with Gasteiger partial charge in [-0.2, -0.15) is 5.10 Å². The zero-order valence-electron chi connectivity index (χ0n) is 14.7.